The molecule has 0 radical (unpaired) electrons. The maximum atomic E-state index is 13.7. The molecule has 0 unspecified atom stereocenters. The van der Waals surface area contributed by atoms with Crippen LogP contribution in [0.4, 0.5) is 0 Å². The quantitative estimate of drug-likeness (QED) is 0.397. The van der Waals surface area contributed by atoms with Crippen LogP contribution in [0.5, 0.6) is 11.5 Å². The first-order valence-electron chi connectivity index (χ1n) is 11.9. The van der Waals surface area contributed by atoms with Gasteiger partial charge in [-0.2, -0.15) is 5.10 Å². The predicted octanol–water partition coefficient (Wildman–Crippen LogP) is 3.91. The van der Waals surface area contributed by atoms with Crippen LogP contribution in [0.1, 0.15) is 15.9 Å². The van der Waals surface area contributed by atoms with Gasteiger partial charge in [-0.05, 0) is 42.5 Å². The Labute approximate surface area is 210 Å². The van der Waals surface area contributed by atoms with Gasteiger partial charge in [0.15, 0.2) is 0 Å². The number of piperazine rings is 1. The van der Waals surface area contributed by atoms with E-state index in [4.69, 9.17) is 14.6 Å². The molecule has 3 heterocycles. The molecule has 0 aliphatic carbocycles. The van der Waals surface area contributed by atoms with Gasteiger partial charge in [0.2, 0.25) is 0 Å². The van der Waals surface area contributed by atoms with E-state index >= 15 is 0 Å². The van der Waals surface area contributed by atoms with Crippen molar-refractivity contribution in [2.24, 2.45) is 0 Å². The second-order valence-electron chi connectivity index (χ2n) is 8.66. The fourth-order valence-corrected chi connectivity index (χ4v) is 4.49. The molecule has 0 spiro atoms. The van der Waals surface area contributed by atoms with Gasteiger partial charge in [-0.3, -0.25) is 14.7 Å². The molecule has 1 fully saturated rings. The van der Waals surface area contributed by atoms with Crippen LogP contribution in [0.15, 0.2) is 79.3 Å². The highest BCUT2D eigenvalue weighted by Gasteiger charge is 2.27. The van der Waals surface area contributed by atoms with Crippen molar-refractivity contribution in [3.05, 3.63) is 90.4 Å². The highest BCUT2D eigenvalue weighted by atomic mass is 16.5. The van der Waals surface area contributed by atoms with Gasteiger partial charge in [0.25, 0.3) is 5.91 Å². The molecule has 2 aromatic heterocycles. The standard InChI is InChI=1S/C28H29N5O3/c1-35-24-10-11-26(36-2)22(17-24)19-31-13-15-32(16-14-31)28(34)25-20-33(23-8-4-3-5-9-23)30-27(25)21-7-6-12-29-18-21/h3-12,17-18,20H,13-16,19H2,1-2H3. The van der Waals surface area contributed by atoms with E-state index < -0.39 is 0 Å². The Bertz CT molecular complexity index is 1320. The van der Waals surface area contributed by atoms with Gasteiger partial charge in [0, 0.05) is 62.4 Å². The lowest BCUT2D eigenvalue weighted by atomic mass is 10.1. The lowest BCUT2D eigenvalue weighted by molar-refractivity contribution is 0.0628. The van der Waals surface area contributed by atoms with E-state index in [-0.39, 0.29) is 5.91 Å². The first kappa shape index (κ1) is 23.6. The van der Waals surface area contributed by atoms with Crippen molar-refractivity contribution in [2.45, 2.75) is 6.54 Å². The highest BCUT2D eigenvalue weighted by Crippen LogP contribution is 2.27. The van der Waals surface area contributed by atoms with Crippen LogP contribution in [-0.2, 0) is 6.54 Å². The number of methoxy groups -OCH3 is 2. The van der Waals surface area contributed by atoms with Gasteiger partial charge in [0.05, 0.1) is 25.5 Å². The normalized spacial score (nSPS) is 14.0. The van der Waals surface area contributed by atoms with Crippen LogP contribution in [0.3, 0.4) is 0 Å². The Balaban J connectivity index is 1.34. The van der Waals surface area contributed by atoms with Crippen LogP contribution in [0, 0.1) is 0 Å². The minimum Gasteiger partial charge on any atom is -0.497 e. The Morgan fingerprint density at radius 2 is 1.75 bits per heavy atom. The molecular formula is C28H29N5O3. The fourth-order valence-electron chi connectivity index (χ4n) is 4.49. The third-order valence-corrected chi connectivity index (χ3v) is 6.44. The van der Waals surface area contributed by atoms with Gasteiger partial charge in [-0.25, -0.2) is 4.68 Å². The number of hydrogen-bond donors (Lipinski definition) is 0. The highest BCUT2D eigenvalue weighted by molar-refractivity contribution is 6.00. The second-order valence-corrected chi connectivity index (χ2v) is 8.66. The third kappa shape index (κ3) is 4.94. The minimum absolute atomic E-state index is 0.0188. The molecule has 0 saturated carbocycles. The monoisotopic (exact) mass is 483 g/mol. The molecule has 8 heteroatoms. The van der Waals surface area contributed by atoms with Crippen molar-refractivity contribution in [3.8, 4) is 28.4 Å². The van der Waals surface area contributed by atoms with Gasteiger partial charge in [-0.15, -0.1) is 0 Å². The summed E-state index contributed by atoms with van der Waals surface area (Å²) in [5.74, 6) is 1.62. The Morgan fingerprint density at radius 1 is 0.944 bits per heavy atom. The maximum absolute atomic E-state index is 13.7. The van der Waals surface area contributed by atoms with E-state index in [0.717, 1.165) is 47.9 Å². The van der Waals surface area contributed by atoms with Crippen molar-refractivity contribution in [1.29, 1.82) is 0 Å². The predicted molar refractivity (Wildman–Crippen MR) is 138 cm³/mol. The smallest absolute Gasteiger partial charge is 0.257 e. The second kappa shape index (κ2) is 10.6. The van der Waals surface area contributed by atoms with E-state index in [2.05, 4.69) is 9.88 Å². The molecule has 2 aromatic carbocycles. The minimum atomic E-state index is -0.0188. The average molecular weight is 484 g/mol. The summed E-state index contributed by atoms with van der Waals surface area (Å²) in [6, 6.07) is 19.4. The number of amides is 1. The van der Waals surface area contributed by atoms with Crippen LogP contribution < -0.4 is 9.47 Å². The van der Waals surface area contributed by atoms with E-state index in [0.29, 0.717) is 24.3 Å². The summed E-state index contributed by atoms with van der Waals surface area (Å²) in [5, 5.41) is 4.77. The number of hydrogen-bond acceptors (Lipinski definition) is 6. The first-order chi connectivity index (χ1) is 17.7. The van der Waals surface area contributed by atoms with Crippen LogP contribution in [0.25, 0.3) is 16.9 Å². The summed E-state index contributed by atoms with van der Waals surface area (Å²) in [6.07, 6.45) is 5.29. The van der Waals surface area contributed by atoms with Gasteiger partial charge >= 0.3 is 0 Å². The van der Waals surface area contributed by atoms with Crippen molar-refractivity contribution in [2.75, 3.05) is 40.4 Å². The lowest BCUT2D eigenvalue weighted by Crippen LogP contribution is -2.48. The first-order valence-corrected chi connectivity index (χ1v) is 11.9. The Morgan fingerprint density at radius 3 is 2.44 bits per heavy atom. The van der Waals surface area contributed by atoms with Crippen molar-refractivity contribution < 1.29 is 14.3 Å². The number of benzene rings is 2. The molecule has 0 atom stereocenters. The summed E-state index contributed by atoms with van der Waals surface area (Å²) >= 11 is 0. The molecule has 0 N–H and O–H groups in total. The largest absolute Gasteiger partial charge is 0.497 e. The van der Waals surface area contributed by atoms with Crippen LogP contribution in [0.2, 0.25) is 0 Å². The lowest BCUT2D eigenvalue weighted by Gasteiger charge is -2.35. The molecule has 8 nitrogen and oxygen atoms in total. The zero-order valence-electron chi connectivity index (χ0n) is 20.5. The summed E-state index contributed by atoms with van der Waals surface area (Å²) in [7, 11) is 3.34. The maximum Gasteiger partial charge on any atom is 0.257 e. The van der Waals surface area contributed by atoms with E-state index in [9.17, 15) is 4.79 Å². The summed E-state index contributed by atoms with van der Waals surface area (Å²) in [4.78, 5) is 22.2. The zero-order valence-corrected chi connectivity index (χ0v) is 20.5. The number of nitrogens with zero attached hydrogens (tertiary/aromatic N) is 5. The fraction of sp³-hybridized carbons (Fsp3) is 0.250. The summed E-state index contributed by atoms with van der Waals surface area (Å²) < 4.78 is 12.7. The van der Waals surface area contributed by atoms with Crippen molar-refractivity contribution in [1.82, 2.24) is 24.6 Å². The number of para-hydroxylation sites is 1. The van der Waals surface area contributed by atoms with E-state index in [1.54, 1.807) is 31.3 Å². The molecule has 5 rings (SSSR count). The molecule has 4 aromatic rings. The van der Waals surface area contributed by atoms with Crippen LogP contribution >= 0.6 is 0 Å². The van der Waals surface area contributed by atoms with Gasteiger partial charge in [0.1, 0.15) is 17.2 Å². The summed E-state index contributed by atoms with van der Waals surface area (Å²) in [5.41, 5.74) is 4.01. The van der Waals surface area contributed by atoms with Crippen molar-refractivity contribution >= 4 is 5.91 Å². The van der Waals surface area contributed by atoms with Gasteiger partial charge < -0.3 is 14.4 Å². The zero-order chi connectivity index (χ0) is 24.9. The number of carbonyl (C=O) groups is 1. The Hall–Kier alpha value is -4.17. The molecule has 184 valence electrons. The third-order valence-electron chi connectivity index (χ3n) is 6.44. The van der Waals surface area contributed by atoms with Gasteiger partial charge in [-0.1, -0.05) is 18.2 Å². The molecule has 0 bridgehead atoms. The summed E-state index contributed by atoms with van der Waals surface area (Å²) in [6.45, 7) is 3.53. The molecule has 36 heavy (non-hydrogen) atoms. The SMILES string of the molecule is COc1ccc(OC)c(CN2CCN(C(=O)c3cn(-c4ccccc4)nc3-c3cccnc3)CC2)c1. The van der Waals surface area contributed by atoms with Crippen LogP contribution in [-0.4, -0.2) is 70.9 Å². The topological polar surface area (TPSA) is 72.7 Å². The number of aromatic nitrogens is 3. The average Bonchev–Trinajstić information content (AvgIpc) is 3.40. The van der Waals surface area contributed by atoms with E-state index in [1.165, 1.54) is 0 Å². The number of pyridine rings is 1. The van der Waals surface area contributed by atoms with E-state index in [1.807, 2.05) is 71.8 Å². The van der Waals surface area contributed by atoms with Crippen molar-refractivity contribution in [3.63, 3.8) is 0 Å². The molecule has 1 amide bonds. The molecule has 1 aliphatic rings. The number of ether oxygens (including phenoxy) is 2. The molecule has 1 saturated heterocycles. The number of rotatable bonds is 7. The molecular weight excluding hydrogens is 454 g/mol. The Kier molecular flexibility index (Phi) is 6.95. The number of carbonyl (C=O) groups excluding carboxylic acids is 1. The molecule has 1 aliphatic heterocycles.